The maximum Gasteiger partial charge on any atom is 0.0342 e. The molecule has 0 aromatic heterocycles. The van der Waals surface area contributed by atoms with Gasteiger partial charge in [-0.3, -0.25) is 0 Å². The molecule has 0 amide bonds. The lowest BCUT2D eigenvalue weighted by Gasteiger charge is -2.31. The third kappa shape index (κ3) is 5.70. The number of anilines is 1. The summed E-state index contributed by atoms with van der Waals surface area (Å²) in [5.41, 5.74) is 2.67. The van der Waals surface area contributed by atoms with Gasteiger partial charge in [-0.1, -0.05) is 38.8 Å². The smallest absolute Gasteiger partial charge is 0.0342 e. The van der Waals surface area contributed by atoms with Crippen molar-refractivity contribution in [2.24, 2.45) is 11.8 Å². The molecular formula is C19H32N2. The van der Waals surface area contributed by atoms with Crippen molar-refractivity contribution in [2.75, 3.05) is 19.4 Å². The minimum atomic E-state index is 0.669. The van der Waals surface area contributed by atoms with Crippen LogP contribution in [0.2, 0.25) is 0 Å². The van der Waals surface area contributed by atoms with E-state index >= 15 is 0 Å². The number of nitrogens with zero attached hydrogens (tertiary/aromatic N) is 1. The molecule has 2 rings (SSSR count). The first-order chi connectivity index (χ1) is 10.0. The fraction of sp³-hybridized carbons (Fsp3) is 0.684. The lowest BCUT2D eigenvalue weighted by Crippen LogP contribution is -2.27. The van der Waals surface area contributed by atoms with Gasteiger partial charge in [0.1, 0.15) is 0 Å². The molecular weight excluding hydrogens is 256 g/mol. The van der Waals surface area contributed by atoms with Crippen LogP contribution in [-0.2, 0) is 6.54 Å². The Hall–Kier alpha value is -1.02. The van der Waals surface area contributed by atoms with E-state index in [4.69, 9.17) is 0 Å². The molecule has 1 aliphatic carbocycles. The maximum absolute atomic E-state index is 3.75. The van der Waals surface area contributed by atoms with Crippen LogP contribution in [0.25, 0.3) is 0 Å². The number of hydrogen-bond acceptors (Lipinski definition) is 2. The van der Waals surface area contributed by atoms with Crippen molar-refractivity contribution in [1.29, 1.82) is 0 Å². The average Bonchev–Trinajstić information content (AvgIpc) is 2.40. The van der Waals surface area contributed by atoms with Gasteiger partial charge in [-0.2, -0.15) is 0 Å². The molecule has 0 spiro atoms. The number of hydrogen-bond donors (Lipinski definition) is 1. The van der Waals surface area contributed by atoms with Crippen molar-refractivity contribution in [1.82, 2.24) is 4.90 Å². The largest absolute Gasteiger partial charge is 0.382 e. The molecule has 1 aromatic carbocycles. The lowest BCUT2D eigenvalue weighted by molar-refractivity contribution is 0.289. The van der Waals surface area contributed by atoms with E-state index < -0.39 is 0 Å². The van der Waals surface area contributed by atoms with Crippen LogP contribution in [0.15, 0.2) is 24.3 Å². The maximum atomic E-state index is 3.75. The van der Waals surface area contributed by atoms with Crippen LogP contribution in [0.4, 0.5) is 5.69 Å². The third-order valence-corrected chi connectivity index (χ3v) is 4.41. The second kappa shape index (κ2) is 7.84. The van der Waals surface area contributed by atoms with Gasteiger partial charge >= 0.3 is 0 Å². The molecule has 2 unspecified atom stereocenters. The van der Waals surface area contributed by atoms with E-state index in [0.717, 1.165) is 18.4 Å². The van der Waals surface area contributed by atoms with Crippen LogP contribution in [0, 0.1) is 11.8 Å². The fourth-order valence-electron chi connectivity index (χ4n) is 3.61. The molecule has 0 radical (unpaired) electrons. The summed E-state index contributed by atoms with van der Waals surface area (Å²) in [5.74, 6) is 1.75. The van der Waals surface area contributed by atoms with E-state index in [1.54, 1.807) is 0 Å². The highest BCUT2D eigenvalue weighted by atomic mass is 15.0. The Morgan fingerprint density at radius 2 is 1.86 bits per heavy atom. The topological polar surface area (TPSA) is 15.3 Å². The Bertz CT molecular complexity index is 408. The van der Waals surface area contributed by atoms with Gasteiger partial charge in [0.25, 0.3) is 0 Å². The zero-order valence-corrected chi connectivity index (χ0v) is 14.2. The number of nitrogens with one attached hydrogen (secondary N) is 1. The van der Waals surface area contributed by atoms with Gasteiger partial charge in [0.05, 0.1) is 0 Å². The van der Waals surface area contributed by atoms with Gasteiger partial charge in [-0.05, 0) is 62.9 Å². The van der Waals surface area contributed by atoms with Crippen LogP contribution in [-0.4, -0.2) is 25.0 Å². The molecule has 2 atom stereocenters. The molecule has 2 heteroatoms. The Kier molecular flexibility index (Phi) is 6.10. The van der Waals surface area contributed by atoms with Crippen LogP contribution in [0.5, 0.6) is 0 Å². The average molecular weight is 288 g/mol. The van der Waals surface area contributed by atoms with Crippen molar-refractivity contribution in [3.05, 3.63) is 29.8 Å². The second-order valence-electron chi connectivity index (χ2n) is 7.44. The van der Waals surface area contributed by atoms with Gasteiger partial charge in [0.2, 0.25) is 0 Å². The molecule has 21 heavy (non-hydrogen) atoms. The Labute approximate surface area is 130 Å². The van der Waals surface area contributed by atoms with Crippen molar-refractivity contribution in [3.8, 4) is 0 Å². The molecule has 0 aliphatic heterocycles. The molecule has 118 valence electrons. The van der Waals surface area contributed by atoms with Crippen LogP contribution < -0.4 is 5.32 Å². The summed E-state index contributed by atoms with van der Waals surface area (Å²) in [4.78, 5) is 2.21. The molecule has 1 N–H and O–H groups in total. The summed E-state index contributed by atoms with van der Waals surface area (Å²) >= 11 is 0. The summed E-state index contributed by atoms with van der Waals surface area (Å²) in [6.07, 6.45) is 6.87. The van der Waals surface area contributed by atoms with Gasteiger partial charge < -0.3 is 10.2 Å². The number of rotatable bonds is 6. The lowest BCUT2D eigenvalue weighted by atomic mass is 9.81. The molecule has 1 aromatic rings. The van der Waals surface area contributed by atoms with Gasteiger partial charge in [0.15, 0.2) is 0 Å². The summed E-state index contributed by atoms with van der Waals surface area (Å²) in [7, 11) is 4.23. The first-order valence-corrected chi connectivity index (χ1v) is 8.53. The Balaban J connectivity index is 1.86. The zero-order chi connectivity index (χ0) is 15.2. The quantitative estimate of drug-likeness (QED) is 0.811. The van der Waals surface area contributed by atoms with Gasteiger partial charge in [-0.25, -0.2) is 0 Å². The van der Waals surface area contributed by atoms with E-state index in [1.807, 2.05) is 0 Å². The van der Waals surface area contributed by atoms with E-state index in [1.165, 1.54) is 43.4 Å². The van der Waals surface area contributed by atoms with Crippen LogP contribution in [0.3, 0.4) is 0 Å². The van der Waals surface area contributed by atoms with Crippen molar-refractivity contribution < 1.29 is 0 Å². The predicted octanol–water partition coefficient (Wildman–Crippen LogP) is 4.77. The van der Waals surface area contributed by atoms with Gasteiger partial charge in [-0.15, -0.1) is 0 Å². The monoisotopic (exact) mass is 288 g/mol. The first kappa shape index (κ1) is 16.4. The highest BCUT2D eigenvalue weighted by Crippen LogP contribution is 2.31. The standard InChI is InChI=1S/C19H32N2/c1-15(2)12-17-6-5-7-19(13-17)20-18-10-8-16(9-11-18)14-21(3)4/h8-11,15,17,19-20H,5-7,12-14H2,1-4H3. The van der Waals surface area contributed by atoms with Crippen LogP contribution >= 0.6 is 0 Å². The minimum absolute atomic E-state index is 0.669. The molecule has 1 fully saturated rings. The van der Waals surface area contributed by atoms with E-state index in [0.29, 0.717) is 6.04 Å². The molecule has 1 saturated carbocycles. The van der Waals surface area contributed by atoms with Crippen molar-refractivity contribution in [3.63, 3.8) is 0 Å². The minimum Gasteiger partial charge on any atom is -0.382 e. The molecule has 0 saturated heterocycles. The second-order valence-corrected chi connectivity index (χ2v) is 7.44. The predicted molar refractivity (Wildman–Crippen MR) is 92.7 cm³/mol. The van der Waals surface area contributed by atoms with E-state index in [-0.39, 0.29) is 0 Å². The summed E-state index contributed by atoms with van der Waals surface area (Å²) in [6.45, 7) is 5.71. The van der Waals surface area contributed by atoms with Crippen LogP contribution in [0.1, 0.15) is 51.5 Å². The summed E-state index contributed by atoms with van der Waals surface area (Å²) in [6, 6.07) is 9.64. The Morgan fingerprint density at radius 1 is 1.14 bits per heavy atom. The zero-order valence-electron chi connectivity index (χ0n) is 14.2. The molecule has 0 heterocycles. The fourth-order valence-corrected chi connectivity index (χ4v) is 3.61. The van der Waals surface area contributed by atoms with E-state index in [9.17, 15) is 0 Å². The third-order valence-electron chi connectivity index (χ3n) is 4.41. The normalized spacial score (nSPS) is 22.8. The highest BCUT2D eigenvalue weighted by molar-refractivity contribution is 5.45. The van der Waals surface area contributed by atoms with Gasteiger partial charge in [0, 0.05) is 18.3 Å². The first-order valence-electron chi connectivity index (χ1n) is 8.53. The Morgan fingerprint density at radius 3 is 2.48 bits per heavy atom. The molecule has 2 nitrogen and oxygen atoms in total. The number of benzene rings is 1. The van der Waals surface area contributed by atoms with E-state index in [2.05, 4.69) is 62.4 Å². The molecule has 0 bridgehead atoms. The summed E-state index contributed by atoms with van der Waals surface area (Å²) < 4.78 is 0. The molecule has 1 aliphatic rings. The highest BCUT2D eigenvalue weighted by Gasteiger charge is 2.22. The van der Waals surface area contributed by atoms with Crippen molar-refractivity contribution >= 4 is 5.69 Å². The van der Waals surface area contributed by atoms with Crippen molar-refractivity contribution in [2.45, 2.75) is 58.5 Å². The summed E-state index contributed by atoms with van der Waals surface area (Å²) in [5, 5.41) is 3.75. The SMILES string of the molecule is CC(C)CC1CCCC(Nc2ccc(CN(C)C)cc2)C1.